The van der Waals surface area contributed by atoms with Crippen LogP contribution in [0.25, 0.3) is 0 Å². The third-order valence-corrected chi connectivity index (χ3v) is 2.80. The Labute approximate surface area is 85.1 Å². The predicted octanol–water partition coefficient (Wildman–Crippen LogP) is 2.00. The molecule has 1 rings (SSSR count). The molecule has 0 fully saturated rings. The fourth-order valence-corrected chi connectivity index (χ4v) is 1.93. The van der Waals surface area contributed by atoms with E-state index < -0.39 is 0 Å². The van der Waals surface area contributed by atoms with Gasteiger partial charge in [0.05, 0.1) is 11.1 Å². The summed E-state index contributed by atoms with van der Waals surface area (Å²) in [6.07, 6.45) is 0. The highest BCUT2D eigenvalue weighted by Gasteiger charge is 2.15. The Bertz CT molecular complexity index is 355. The molecular formula is C8H7ClN2OS. The van der Waals surface area contributed by atoms with Crippen LogP contribution in [-0.2, 0) is 0 Å². The standard InChI is InChI=1S/C8H7ClN2OS/c1-11(4-3-10)8(12)7-6(9)2-5-13-7/h2,5H,4H2,1H3. The van der Waals surface area contributed by atoms with Gasteiger partial charge in [0, 0.05) is 7.05 Å². The lowest BCUT2D eigenvalue weighted by Gasteiger charge is -2.11. The molecule has 0 aliphatic heterocycles. The molecule has 1 aromatic rings. The molecule has 0 radical (unpaired) electrons. The summed E-state index contributed by atoms with van der Waals surface area (Å²) in [7, 11) is 1.57. The molecule has 0 spiro atoms. The van der Waals surface area contributed by atoms with Gasteiger partial charge in [0.1, 0.15) is 11.4 Å². The second kappa shape index (κ2) is 4.26. The minimum atomic E-state index is -0.207. The average Bonchev–Trinajstić information content (AvgIpc) is 2.50. The van der Waals surface area contributed by atoms with E-state index in [0.29, 0.717) is 9.90 Å². The van der Waals surface area contributed by atoms with Crippen molar-refractivity contribution in [1.82, 2.24) is 4.90 Å². The SMILES string of the molecule is CN(CC#N)C(=O)c1sccc1Cl. The number of halogens is 1. The van der Waals surface area contributed by atoms with Gasteiger partial charge in [0.2, 0.25) is 0 Å². The molecule has 0 saturated carbocycles. The molecule has 1 heterocycles. The summed E-state index contributed by atoms with van der Waals surface area (Å²) >= 11 is 7.04. The normalized spacial score (nSPS) is 9.31. The Kier molecular flexibility index (Phi) is 3.29. The summed E-state index contributed by atoms with van der Waals surface area (Å²) < 4.78 is 0. The van der Waals surface area contributed by atoms with Crippen molar-refractivity contribution < 1.29 is 4.79 Å². The molecule has 3 nitrogen and oxygen atoms in total. The van der Waals surface area contributed by atoms with E-state index in [1.165, 1.54) is 16.2 Å². The smallest absolute Gasteiger partial charge is 0.266 e. The van der Waals surface area contributed by atoms with Crippen molar-refractivity contribution in [2.24, 2.45) is 0 Å². The highest BCUT2D eigenvalue weighted by atomic mass is 35.5. The predicted molar refractivity (Wildman–Crippen MR) is 51.9 cm³/mol. The molecule has 0 aliphatic carbocycles. The molecule has 0 aliphatic rings. The molecule has 0 atom stereocenters. The van der Waals surface area contributed by atoms with Gasteiger partial charge < -0.3 is 4.90 Å². The van der Waals surface area contributed by atoms with Crippen LogP contribution >= 0.6 is 22.9 Å². The van der Waals surface area contributed by atoms with Crippen LogP contribution in [0.1, 0.15) is 9.67 Å². The summed E-state index contributed by atoms with van der Waals surface area (Å²) in [6.45, 7) is 0.0765. The first-order chi connectivity index (χ1) is 6.16. The van der Waals surface area contributed by atoms with Crippen LogP contribution in [0, 0.1) is 11.3 Å². The highest BCUT2D eigenvalue weighted by Crippen LogP contribution is 2.22. The van der Waals surface area contributed by atoms with Crippen molar-refractivity contribution in [3.63, 3.8) is 0 Å². The topological polar surface area (TPSA) is 44.1 Å². The van der Waals surface area contributed by atoms with Gasteiger partial charge in [-0.2, -0.15) is 5.26 Å². The average molecular weight is 215 g/mol. The molecule has 1 aromatic heterocycles. The summed E-state index contributed by atoms with van der Waals surface area (Å²) in [5, 5.41) is 10.6. The van der Waals surface area contributed by atoms with Crippen LogP contribution in [0.15, 0.2) is 11.4 Å². The van der Waals surface area contributed by atoms with Crippen LogP contribution in [0.2, 0.25) is 5.02 Å². The Balaban J connectivity index is 2.81. The fourth-order valence-electron chi connectivity index (χ4n) is 0.798. The minimum Gasteiger partial charge on any atom is -0.328 e. The maximum Gasteiger partial charge on any atom is 0.266 e. The maximum atomic E-state index is 11.5. The van der Waals surface area contributed by atoms with Crippen molar-refractivity contribution in [1.29, 1.82) is 5.26 Å². The van der Waals surface area contributed by atoms with Crippen molar-refractivity contribution in [2.45, 2.75) is 0 Å². The molecule has 0 N–H and O–H groups in total. The van der Waals surface area contributed by atoms with E-state index in [1.54, 1.807) is 18.5 Å². The number of thiophene rings is 1. The lowest BCUT2D eigenvalue weighted by molar-refractivity contribution is 0.0817. The Morgan fingerprint density at radius 1 is 1.85 bits per heavy atom. The van der Waals surface area contributed by atoms with E-state index in [9.17, 15) is 4.79 Å². The molecule has 0 aromatic carbocycles. The van der Waals surface area contributed by atoms with E-state index in [4.69, 9.17) is 16.9 Å². The lowest BCUT2D eigenvalue weighted by atomic mass is 10.4. The fraction of sp³-hybridized carbons (Fsp3) is 0.250. The lowest BCUT2D eigenvalue weighted by Crippen LogP contribution is -2.26. The molecule has 68 valence electrons. The van der Waals surface area contributed by atoms with E-state index in [-0.39, 0.29) is 12.5 Å². The van der Waals surface area contributed by atoms with E-state index in [1.807, 2.05) is 6.07 Å². The number of carbonyl (C=O) groups is 1. The number of rotatable bonds is 2. The van der Waals surface area contributed by atoms with Crippen molar-refractivity contribution >= 4 is 28.8 Å². The van der Waals surface area contributed by atoms with E-state index in [0.717, 1.165) is 0 Å². The summed E-state index contributed by atoms with van der Waals surface area (Å²) in [5.41, 5.74) is 0. The van der Waals surface area contributed by atoms with Gasteiger partial charge in [-0.25, -0.2) is 0 Å². The van der Waals surface area contributed by atoms with Gasteiger partial charge in [-0.3, -0.25) is 4.79 Å². The van der Waals surface area contributed by atoms with Gasteiger partial charge in [-0.1, -0.05) is 11.6 Å². The Morgan fingerprint density at radius 3 is 3.00 bits per heavy atom. The van der Waals surface area contributed by atoms with Crippen molar-refractivity contribution in [2.75, 3.05) is 13.6 Å². The van der Waals surface area contributed by atoms with Gasteiger partial charge in [-0.05, 0) is 11.4 Å². The quantitative estimate of drug-likeness (QED) is 0.707. The van der Waals surface area contributed by atoms with E-state index >= 15 is 0 Å². The first-order valence-electron chi connectivity index (χ1n) is 3.52. The number of hydrogen-bond donors (Lipinski definition) is 0. The summed E-state index contributed by atoms with van der Waals surface area (Å²) in [6, 6.07) is 3.56. The van der Waals surface area contributed by atoms with Gasteiger partial charge in [-0.15, -0.1) is 11.3 Å². The zero-order valence-electron chi connectivity index (χ0n) is 6.95. The molecule has 1 amide bonds. The van der Waals surface area contributed by atoms with Gasteiger partial charge >= 0.3 is 0 Å². The monoisotopic (exact) mass is 214 g/mol. The Hall–Kier alpha value is -1.05. The molecule has 0 saturated heterocycles. The zero-order chi connectivity index (χ0) is 9.84. The van der Waals surface area contributed by atoms with Crippen LogP contribution < -0.4 is 0 Å². The molecule has 13 heavy (non-hydrogen) atoms. The first kappa shape index (κ1) is 10.0. The maximum absolute atomic E-state index is 11.5. The van der Waals surface area contributed by atoms with Crippen LogP contribution in [0.5, 0.6) is 0 Å². The number of nitrogens with zero attached hydrogens (tertiary/aromatic N) is 2. The number of amides is 1. The molecule has 0 bridgehead atoms. The Morgan fingerprint density at radius 2 is 2.54 bits per heavy atom. The van der Waals surface area contributed by atoms with Crippen LogP contribution in [-0.4, -0.2) is 24.4 Å². The van der Waals surface area contributed by atoms with Gasteiger partial charge in [0.25, 0.3) is 5.91 Å². The second-order valence-corrected chi connectivity index (χ2v) is 3.74. The minimum absolute atomic E-state index is 0.0765. The number of nitriles is 1. The third kappa shape index (κ3) is 2.20. The van der Waals surface area contributed by atoms with Crippen molar-refractivity contribution in [3.05, 3.63) is 21.3 Å². The summed E-state index contributed by atoms with van der Waals surface area (Å²) in [4.78, 5) is 13.3. The largest absolute Gasteiger partial charge is 0.328 e. The van der Waals surface area contributed by atoms with Gasteiger partial charge in [0.15, 0.2) is 0 Å². The van der Waals surface area contributed by atoms with E-state index in [2.05, 4.69) is 0 Å². The first-order valence-corrected chi connectivity index (χ1v) is 4.78. The molecular weight excluding hydrogens is 208 g/mol. The highest BCUT2D eigenvalue weighted by molar-refractivity contribution is 7.12. The van der Waals surface area contributed by atoms with Crippen molar-refractivity contribution in [3.8, 4) is 6.07 Å². The number of carbonyl (C=O) groups excluding carboxylic acids is 1. The number of hydrogen-bond acceptors (Lipinski definition) is 3. The molecule has 0 unspecified atom stereocenters. The van der Waals surface area contributed by atoms with Crippen LogP contribution in [0.3, 0.4) is 0 Å². The second-order valence-electron chi connectivity index (χ2n) is 2.42. The summed E-state index contributed by atoms with van der Waals surface area (Å²) in [5.74, 6) is -0.207. The zero-order valence-corrected chi connectivity index (χ0v) is 8.52. The third-order valence-electron chi connectivity index (χ3n) is 1.47. The molecule has 5 heteroatoms. The van der Waals surface area contributed by atoms with Crippen LogP contribution in [0.4, 0.5) is 0 Å².